The fourth-order valence-electron chi connectivity index (χ4n) is 2.64. The first-order valence-electron chi connectivity index (χ1n) is 7.39. The molecule has 0 bridgehead atoms. The van der Waals surface area contributed by atoms with E-state index in [-0.39, 0.29) is 17.0 Å². The van der Waals surface area contributed by atoms with Crippen molar-refractivity contribution in [1.29, 1.82) is 0 Å². The highest BCUT2D eigenvalue weighted by molar-refractivity contribution is 6.30. The zero-order chi connectivity index (χ0) is 15.4. The maximum atomic E-state index is 13.1. The van der Waals surface area contributed by atoms with Gasteiger partial charge < -0.3 is 10.1 Å². The number of hydrogen-bond donors (Lipinski definition) is 1. The van der Waals surface area contributed by atoms with E-state index in [9.17, 15) is 9.18 Å². The summed E-state index contributed by atoms with van der Waals surface area (Å²) in [5, 5.41) is 3.03. The Morgan fingerprint density at radius 3 is 2.81 bits per heavy atom. The maximum absolute atomic E-state index is 13.1. The number of rotatable bonds is 4. The first kappa shape index (κ1) is 16.1. The van der Waals surface area contributed by atoms with Gasteiger partial charge in [-0.1, -0.05) is 31.4 Å². The van der Waals surface area contributed by atoms with Crippen molar-refractivity contribution in [2.75, 3.05) is 0 Å². The van der Waals surface area contributed by atoms with Crippen molar-refractivity contribution in [3.05, 3.63) is 29.0 Å². The van der Waals surface area contributed by atoms with Gasteiger partial charge in [0.2, 0.25) is 0 Å². The fraction of sp³-hybridized carbons (Fsp3) is 0.562. The van der Waals surface area contributed by atoms with Crippen LogP contribution in [0, 0.1) is 11.7 Å². The minimum absolute atomic E-state index is 0.0130. The Balaban J connectivity index is 1.91. The van der Waals surface area contributed by atoms with Crippen molar-refractivity contribution < 1.29 is 13.9 Å². The first-order valence-corrected chi connectivity index (χ1v) is 7.77. The van der Waals surface area contributed by atoms with E-state index in [2.05, 4.69) is 12.2 Å². The van der Waals surface area contributed by atoms with Crippen molar-refractivity contribution in [1.82, 2.24) is 5.32 Å². The third-order valence-corrected chi connectivity index (χ3v) is 4.30. The standard InChI is InChI=1S/C16H21ClFNO2/c1-10-5-3-4-6-15(10)19-16(20)11(2)21-12-7-8-14(18)13(17)9-12/h7-11,15H,3-6H2,1-2H3,(H,19,20)/t10-,11-,15-/m1/s1. The zero-order valence-electron chi connectivity index (χ0n) is 12.4. The molecule has 1 saturated carbocycles. The molecule has 1 N–H and O–H groups in total. The van der Waals surface area contributed by atoms with Gasteiger partial charge in [-0.05, 0) is 37.8 Å². The molecule has 1 fully saturated rings. The maximum Gasteiger partial charge on any atom is 0.261 e. The van der Waals surface area contributed by atoms with Crippen LogP contribution in [0.4, 0.5) is 4.39 Å². The Bertz CT molecular complexity index is 509. The van der Waals surface area contributed by atoms with Crippen LogP contribution in [0.25, 0.3) is 0 Å². The third-order valence-electron chi connectivity index (χ3n) is 4.01. The molecule has 0 radical (unpaired) electrons. The molecule has 1 aromatic rings. The van der Waals surface area contributed by atoms with E-state index in [1.807, 2.05) is 0 Å². The molecule has 0 aliphatic heterocycles. The molecular formula is C16H21ClFNO2. The molecule has 1 aromatic carbocycles. The largest absolute Gasteiger partial charge is 0.481 e. The fourth-order valence-corrected chi connectivity index (χ4v) is 2.81. The smallest absolute Gasteiger partial charge is 0.261 e. The zero-order valence-corrected chi connectivity index (χ0v) is 13.1. The average molecular weight is 314 g/mol. The van der Waals surface area contributed by atoms with Gasteiger partial charge >= 0.3 is 0 Å². The molecule has 0 saturated heterocycles. The highest BCUT2D eigenvalue weighted by Crippen LogP contribution is 2.24. The van der Waals surface area contributed by atoms with Crippen LogP contribution < -0.4 is 10.1 Å². The van der Waals surface area contributed by atoms with E-state index < -0.39 is 11.9 Å². The second-order valence-corrected chi connectivity index (χ2v) is 6.12. The Kier molecular flexibility index (Phi) is 5.45. The average Bonchev–Trinajstić information content (AvgIpc) is 2.45. The molecule has 1 aliphatic carbocycles. The molecule has 0 aromatic heterocycles. The van der Waals surface area contributed by atoms with Crippen LogP contribution in [0.15, 0.2) is 18.2 Å². The van der Waals surface area contributed by atoms with E-state index in [4.69, 9.17) is 16.3 Å². The topological polar surface area (TPSA) is 38.3 Å². The van der Waals surface area contributed by atoms with Crippen LogP contribution >= 0.6 is 11.6 Å². The van der Waals surface area contributed by atoms with Crippen molar-refractivity contribution in [3.63, 3.8) is 0 Å². The first-order chi connectivity index (χ1) is 9.97. The molecule has 0 spiro atoms. The van der Waals surface area contributed by atoms with Gasteiger partial charge in [0.15, 0.2) is 6.10 Å². The van der Waals surface area contributed by atoms with E-state index in [1.54, 1.807) is 6.92 Å². The second kappa shape index (κ2) is 7.12. The number of benzene rings is 1. The normalized spacial score (nSPS) is 23.4. The molecule has 21 heavy (non-hydrogen) atoms. The summed E-state index contributed by atoms with van der Waals surface area (Å²) in [5.74, 6) is 0.238. The number of carbonyl (C=O) groups is 1. The lowest BCUT2D eigenvalue weighted by Crippen LogP contribution is -2.46. The van der Waals surface area contributed by atoms with Crippen LogP contribution in [0.1, 0.15) is 39.5 Å². The van der Waals surface area contributed by atoms with E-state index in [0.717, 1.165) is 19.3 Å². The van der Waals surface area contributed by atoms with Crippen LogP contribution in [-0.2, 0) is 4.79 Å². The molecule has 5 heteroatoms. The minimum Gasteiger partial charge on any atom is -0.481 e. The van der Waals surface area contributed by atoms with Gasteiger partial charge in [-0.25, -0.2) is 4.39 Å². The lowest BCUT2D eigenvalue weighted by molar-refractivity contribution is -0.128. The summed E-state index contributed by atoms with van der Waals surface area (Å²) in [7, 11) is 0. The van der Waals surface area contributed by atoms with Crippen LogP contribution in [0.2, 0.25) is 5.02 Å². The van der Waals surface area contributed by atoms with Crippen LogP contribution in [-0.4, -0.2) is 18.1 Å². The summed E-state index contributed by atoms with van der Waals surface area (Å²) < 4.78 is 18.6. The molecule has 3 nitrogen and oxygen atoms in total. The molecule has 0 unspecified atom stereocenters. The molecule has 1 aliphatic rings. The Labute approximate surface area is 129 Å². The van der Waals surface area contributed by atoms with Crippen molar-refractivity contribution >= 4 is 17.5 Å². The van der Waals surface area contributed by atoms with E-state index in [0.29, 0.717) is 11.7 Å². The molecule has 1 amide bonds. The number of amides is 1. The Hall–Kier alpha value is -1.29. The predicted molar refractivity (Wildman–Crippen MR) is 81.1 cm³/mol. The second-order valence-electron chi connectivity index (χ2n) is 5.71. The predicted octanol–water partition coefficient (Wildman–Crippen LogP) is 3.94. The SMILES string of the molecule is C[C@@H]1CCCC[C@H]1NC(=O)[C@@H](C)Oc1ccc(F)c(Cl)c1. The quantitative estimate of drug-likeness (QED) is 0.914. The van der Waals surface area contributed by atoms with Gasteiger partial charge in [-0.3, -0.25) is 4.79 Å². The van der Waals surface area contributed by atoms with Gasteiger partial charge in [0, 0.05) is 12.1 Å². The summed E-state index contributed by atoms with van der Waals surface area (Å²) in [6, 6.07) is 4.29. The number of ether oxygens (including phenoxy) is 1. The number of halogens is 2. The van der Waals surface area contributed by atoms with E-state index in [1.165, 1.54) is 24.6 Å². The molecular weight excluding hydrogens is 293 g/mol. The summed E-state index contributed by atoms with van der Waals surface area (Å²) >= 11 is 5.70. The van der Waals surface area contributed by atoms with Gasteiger partial charge in [0.25, 0.3) is 5.91 Å². The lowest BCUT2D eigenvalue weighted by Gasteiger charge is -2.30. The Morgan fingerprint density at radius 1 is 1.43 bits per heavy atom. The minimum atomic E-state index is -0.638. The number of hydrogen-bond acceptors (Lipinski definition) is 2. The van der Waals surface area contributed by atoms with Gasteiger partial charge in [0.05, 0.1) is 5.02 Å². The molecule has 116 valence electrons. The number of nitrogens with one attached hydrogen (secondary N) is 1. The van der Waals surface area contributed by atoms with Crippen LogP contribution in [0.5, 0.6) is 5.75 Å². The third kappa shape index (κ3) is 4.34. The van der Waals surface area contributed by atoms with Gasteiger partial charge in [-0.15, -0.1) is 0 Å². The molecule has 0 heterocycles. The molecule has 3 atom stereocenters. The highest BCUT2D eigenvalue weighted by Gasteiger charge is 2.25. The van der Waals surface area contributed by atoms with Crippen molar-refractivity contribution in [3.8, 4) is 5.75 Å². The highest BCUT2D eigenvalue weighted by atomic mass is 35.5. The summed E-state index contributed by atoms with van der Waals surface area (Å²) in [4.78, 5) is 12.2. The van der Waals surface area contributed by atoms with Crippen LogP contribution in [0.3, 0.4) is 0 Å². The van der Waals surface area contributed by atoms with Crippen molar-refractivity contribution in [2.24, 2.45) is 5.92 Å². The summed E-state index contributed by atoms with van der Waals surface area (Å²) in [5.41, 5.74) is 0. The monoisotopic (exact) mass is 313 g/mol. The summed E-state index contributed by atoms with van der Waals surface area (Å²) in [6.45, 7) is 3.84. The number of carbonyl (C=O) groups excluding carboxylic acids is 1. The van der Waals surface area contributed by atoms with Gasteiger partial charge in [-0.2, -0.15) is 0 Å². The molecule has 2 rings (SSSR count). The Morgan fingerprint density at radius 2 is 2.14 bits per heavy atom. The van der Waals surface area contributed by atoms with E-state index >= 15 is 0 Å². The lowest BCUT2D eigenvalue weighted by atomic mass is 9.86. The van der Waals surface area contributed by atoms with Crippen molar-refractivity contribution in [2.45, 2.75) is 51.7 Å². The van der Waals surface area contributed by atoms with Gasteiger partial charge in [0.1, 0.15) is 11.6 Å². The summed E-state index contributed by atoms with van der Waals surface area (Å²) in [6.07, 6.45) is 3.90.